The van der Waals surface area contributed by atoms with Crippen molar-refractivity contribution >= 4 is 5.91 Å². The fraction of sp³-hybridized carbons (Fsp3) is 0.625. The van der Waals surface area contributed by atoms with E-state index >= 15 is 0 Å². The van der Waals surface area contributed by atoms with Gasteiger partial charge in [0.25, 0.3) is 0 Å². The van der Waals surface area contributed by atoms with Crippen LogP contribution in [0, 0.1) is 0 Å². The second-order valence-electron chi connectivity index (χ2n) is 3.07. The van der Waals surface area contributed by atoms with E-state index in [4.69, 9.17) is 0 Å². The number of fused-ring (bicyclic) bond motifs is 1. The second kappa shape index (κ2) is 2.57. The Labute approximate surface area is 66.1 Å². The minimum Gasteiger partial charge on any atom is -0.364 e. The molecule has 3 heteroatoms. The van der Waals surface area contributed by atoms with E-state index in [1.165, 1.54) is 12.8 Å². The van der Waals surface area contributed by atoms with Crippen LogP contribution in [-0.2, 0) is 4.79 Å². The monoisotopic (exact) mass is 152 g/mol. The number of nitrogens with zero attached hydrogens (tertiary/aromatic N) is 1. The van der Waals surface area contributed by atoms with Crippen molar-refractivity contribution in [1.82, 2.24) is 10.2 Å². The standard InChI is InChI=1S/C8H12N2O/c11-8-7-3-1-2-5-10(7)6-4-9-8/h4,6-7H,1-3,5H2,(H,9,11). The zero-order valence-electron chi connectivity index (χ0n) is 6.42. The van der Waals surface area contributed by atoms with E-state index in [2.05, 4.69) is 10.2 Å². The third-order valence-electron chi connectivity index (χ3n) is 2.34. The highest BCUT2D eigenvalue weighted by atomic mass is 16.2. The Morgan fingerprint density at radius 1 is 1.55 bits per heavy atom. The number of nitrogens with one attached hydrogen (secondary N) is 1. The largest absolute Gasteiger partial charge is 0.364 e. The molecule has 1 amide bonds. The molecule has 2 aliphatic heterocycles. The molecular formula is C8H12N2O. The SMILES string of the molecule is O=C1NC=CN2CCCCC12. The lowest BCUT2D eigenvalue weighted by molar-refractivity contribution is -0.126. The van der Waals surface area contributed by atoms with E-state index in [0.717, 1.165) is 13.0 Å². The number of hydrogen-bond acceptors (Lipinski definition) is 2. The van der Waals surface area contributed by atoms with Gasteiger partial charge >= 0.3 is 0 Å². The van der Waals surface area contributed by atoms with Crippen LogP contribution in [0.5, 0.6) is 0 Å². The number of piperidine rings is 1. The van der Waals surface area contributed by atoms with Crippen LogP contribution < -0.4 is 5.32 Å². The topological polar surface area (TPSA) is 32.3 Å². The average Bonchev–Trinajstić information content (AvgIpc) is 2.06. The molecule has 1 unspecified atom stereocenters. The van der Waals surface area contributed by atoms with E-state index in [-0.39, 0.29) is 11.9 Å². The van der Waals surface area contributed by atoms with Crippen molar-refractivity contribution in [3.8, 4) is 0 Å². The number of amides is 1. The van der Waals surface area contributed by atoms with Crippen molar-refractivity contribution in [2.75, 3.05) is 6.54 Å². The van der Waals surface area contributed by atoms with E-state index in [1.54, 1.807) is 6.20 Å². The molecule has 11 heavy (non-hydrogen) atoms. The molecule has 1 fully saturated rings. The van der Waals surface area contributed by atoms with Gasteiger partial charge < -0.3 is 10.2 Å². The molecule has 0 radical (unpaired) electrons. The molecule has 1 N–H and O–H groups in total. The van der Waals surface area contributed by atoms with Crippen molar-refractivity contribution in [3.05, 3.63) is 12.4 Å². The van der Waals surface area contributed by atoms with E-state index in [9.17, 15) is 4.79 Å². The summed E-state index contributed by atoms with van der Waals surface area (Å²) in [7, 11) is 0. The highest BCUT2D eigenvalue weighted by Crippen LogP contribution is 2.18. The Bertz CT molecular complexity index is 200. The summed E-state index contributed by atoms with van der Waals surface area (Å²) < 4.78 is 0. The van der Waals surface area contributed by atoms with E-state index < -0.39 is 0 Å². The van der Waals surface area contributed by atoms with Crippen molar-refractivity contribution in [2.24, 2.45) is 0 Å². The minimum absolute atomic E-state index is 0.119. The molecular weight excluding hydrogens is 140 g/mol. The van der Waals surface area contributed by atoms with E-state index in [0.29, 0.717) is 0 Å². The van der Waals surface area contributed by atoms with Crippen molar-refractivity contribution in [2.45, 2.75) is 25.3 Å². The quantitative estimate of drug-likeness (QED) is 0.546. The zero-order chi connectivity index (χ0) is 7.68. The predicted octanol–water partition coefficient (Wildman–Crippen LogP) is 0.442. The average molecular weight is 152 g/mol. The van der Waals surface area contributed by atoms with Crippen LogP contribution >= 0.6 is 0 Å². The number of rotatable bonds is 0. The normalized spacial score (nSPS) is 29.6. The van der Waals surface area contributed by atoms with Crippen LogP contribution in [0.4, 0.5) is 0 Å². The summed E-state index contributed by atoms with van der Waals surface area (Å²) in [6.45, 7) is 1.04. The Hall–Kier alpha value is -0.990. The first-order chi connectivity index (χ1) is 5.38. The highest BCUT2D eigenvalue weighted by molar-refractivity contribution is 5.83. The summed E-state index contributed by atoms with van der Waals surface area (Å²) in [4.78, 5) is 13.4. The van der Waals surface area contributed by atoms with Gasteiger partial charge in [-0.15, -0.1) is 0 Å². The first-order valence-corrected chi connectivity index (χ1v) is 4.11. The number of carbonyl (C=O) groups excluding carboxylic acids is 1. The summed E-state index contributed by atoms with van der Waals surface area (Å²) >= 11 is 0. The Morgan fingerprint density at radius 3 is 3.27 bits per heavy atom. The molecule has 0 spiro atoms. The summed E-state index contributed by atoms with van der Waals surface area (Å²) in [5.41, 5.74) is 0. The van der Waals surface area contributed by atoms with Gasteiger partial charge in [0.1, 0.15) is 6.04 Å². The fourth-order valence-electron chi connectivity index (χ4n) is 1.73. The van der Waals surface area contributed by atoms with E-state index in [1.807, 2.05) is 6.20 Å². The summed E-state index contributed by atoms with van der Waals surface area (Å²) in [6.07, 6.45) is 7.11. The van der Waals surface area contributed by atoms with Crippen molar-refractivity contribution in [3.63, 3.8) is 0 Å². The molecule has 2 rings (SSSR count). The van der Waals surface area contributed by atoms with Crippen molar-refractivity contribution in [1.29, 1.82) is 0 Å². The lowest BCUT2D eigenvalue weighted by atomic mass is 10.0. The zero-order valence-corrected chi connectivity index (χ0v) is 6.42. The first-order valence-electron chi connectivity index (χ1n) is 4.11. The number of carbonyl (C=O) groups is 1. The van der Waals surface area contributed by atoms with Gasteiger partial charge in [-0.1, -0.05) is 0 Å². The molecule has 60 valence electrons. The third kappa shape index (κ3) is 1.11. The van der Waals surface area contributed by atoms with Gasteiger partial charge in [0.15, 0.2) is 0 Å². The second-order valence-corrected chi connectivity index (χ2v) is 3.07. The fourth-order valence-corrected chi connectivity index (χ4v) is 1.73. The minimum atomic E-state index is 0.119. The van der Waals surface area contributed by atoms with Crippen LogP contribution in [0.25, 0.3) is 0 Å². The Balaban J connectivity index is 2.15. The van der Waals surface area contributed by atoms with Crippen LogP contribution in [0.2, 0.25) is 0 Å². The lowest BCUT2D eigenvalue weighted by Gasteiger charge is -2.35. The molecule has 0 saturated carbocycles. The smallest absolute Gasteiger partial charge is 0.246 e. The molecule has 3 nitrogen and oxygen atoms in total. The molecule has 0 aromatic rings. The third-order valence-corrected chi connectivity index (χ3v) is 2.34. The highest BCUT2D eigenvalue weighted by Gasteiger charge is 2.27. The van der Waals surface area contributed by atoms with Gasteiger partial charge in [0.05, 0.1) is 0 Å². The molecule has 1 saturated heterocycles. The maximum atomic E-state index is 11.2. The Kier molecular flexibility index (Phi) is 1.56. The Morgan fingerprint density at radius 2 is 2.45 bits per heavy atom. The molecule has 2 heterocycles. The summed E-state index contributed by atoms with van der Waals surface area (Å²) in [5.74, 6) is 0.159. The maximum absolute atomic E-state index is 11.2. The van der Waals surface area contributed by atoms with Gasteiger partial charge in [-0.3, -0.25) is 4.79 Å². The molecule has 0 aromatic carbocycles. The van der Waals surface area contributed by atoms with Gasteiger partial charge in [-0.25, -0.2) is 0 Å². The molecule has 0 bridgehead atoms. The molecule has 0 aromatic heterocycles. The lowest BCUT2D eigenvalue weighted by Crippen LogP contribution is -2.48. The predicted molar refractivity (Wildman–Crippen MR) is 41.6 cm³/mol. The van der Waals surface area contributed by atoms with Gasteiger partial charge in [-0.2, -0.15) is 0 Å². The molecule has 0 aliphatic carbocycles. The molecule has 1 atom stereocenters. The van der Waals surface area contributed by atoms with Gasteiger partial charge in [-0.05, 0) is 19.3 Å². The van der Waals surface area contributed by atoms with Crippen LogP contribution in [0.1, 0.15) is 19.3 Å². The maximum Gasteiger partial charge on any atom is 0.246 e. The van der Waals surface area contributed by atoms with Crippen molar-refractivity contribution < 1.29 is 4.79 Å². The van der Waals surface area contributed by atoms with Crippen LogP contribution in [0.3, 0.4) is 0 Å². The van der Waals surface area contributed by atoms with Crippen LogP contribution in [0.15, 0.2) is 12.4 Å². The summed E-state index contributed by atoms with van der Waals surface area (Å²) in [6, 6.07) is 0.119. The van der Waals surface area contributed by atoms with Gasteiger partial charge in [0.2, 0.25) is 5.91 Å². The summed E-state index contributed by atoms with van der Waals surface area (Å²) in [5, 5.41) is 2.72. The molecule has 2 aliphatic rings. The number of hydrogen-bond donors (Lipinski definition) is 1. The first kappa shape index (κ1) is 6.70. The van der Waals surface area contributed by atoms with Crippen LogP contribution in [-0.4, -0.2) is 23.4 Å². The van der Waals surface area contributed by atoms with Gasteiger partial charge in [0, 0.05) is 18.9 Å².